The van der Waals surface area contributed by atoms with Crippen molar-refractivity contribution in [2.45, 2.75) is 20.4 Å². The van der Waals surface area contributed by atoms with Crippen molar-refractivity contribution in [2.75, 3.05) is 11.9 Å². The van der Waals surface area contributed by atoms with Gasteiger partial charge in [-0.15, -0.1) is 0 Å². The molecule has 0 aliphatic rings. The molecule has 0 aliphatic heterocycles. The number of carbonyl (C=O) groups is 1. The van der Waals surface area contributed by atoms with E-state index in [0.717, 1.165) is 11.4 Å². The Morgan fingerprint density at radius 2 is 2.14 bits per heavy atom. The zero-order valence-electron chi connectivity index (χ0n) is 12.1. The molecular formula is C16H18N2O3. The Morgan fingerprint density at radius 3 is 2.90 bits per heavy atom. The summed E-state index contributed by atoms with van der Waals surface area (Å²) in [4.78, 5) is 15.9. The van der Waals surface area contributed by atoms with Crippen LogP contribution in [-0.4, -0.2) is 22.7 Å². The van der Waals surface area contributed by atoms with Gasteiger partial charge in [0.05, 0.1) is 18.7 Å². The molecule has 5 nitrogen and oxygen atoms in total. The number of ether oxygens (including phenoxy) is 1. The van der Waals surface area contributed by atoms with Gasteiger partial charge >= 0.3 is 5.97 Å². The van der Waals surface area contributed by atoms with Crippen LogP contribution in [0.15, 0.2) is 36.4 Å². The van der Waals surface area contributed by atoms with Crippen LogP contribution in [0.5, 0.6) is 5.75 Å². The van der Waals surface area contributed by atoms with Crippen molar-refractivity contribution in [3.05, 3.63) is 53.3 Å². The molecule has 2 aromatic rings. The molecule has 2 rings (SSSR count). The van der Waals surface area contributed by atoms with E-state index in [-0.39, 0.29) is 11.7 Å². The van der Waals surface area contributed by atoms with Gasteiger partial charge in [0.1, 0.15) is 11.4 Å². The van der Waals surface area contributed by atoms with Crippen LogP contribution in [0.25, 0.3) is 0 Å². The average Bonchev–Trinajstić information content (AvgIpc) is 2.49. The number of hydrogen-bond acceptors (Lipinski definition) is 5. The fourth-order valence-electron chi connectivity index (χ4n) is 1.89. The zero-order valence-corrected chi connectivity index (χ0v) is 12.1. The highest BCUT2D eigenvalue weighted by Crippen LogP contribution is 2.17. The monoisotopic (exact) mass is 286 g/mol. The number of anilines is 1. The van der Waals surface area contributed by atoms with Gasteiger partial charge in [-0.1, -0.05) is 6.07 Å². The molecule has 0 saturated heterocycles. The molecule has 1 aromatic carbocycles. The average molecular weight is 286 g/mol. The number of nitrogens with one attached hydrogen (secondary N) is 1. The van der Waals surface area contributed by atoms with Crippen LogP contribution in [0.1, 0.15) is 28.7 Å². The summed E-state index contributed by atoms with van der Waals surface area (Å²) in [6.45, 7) is 4.36. The lowest BCUT2D eigenvalue weighted by Gasteiger charge is -2.09. The Hall–Kier alpha value is -2.56. The van der Waals surface area contributed by atoms with Crippen molar-refractivity contribution in [1.29, 1.82) is 0 Å². The maximum atomic E-state index is 11.7. The van der Waals surface area contributed by atoms with E-state index in [1.165, 1.54) is 0 Å². The van der Waals surface area contributed by atoms with Crippen LogP contribution in [0.3, 0.4) is 0 Å². The molecule has 110 valence electrons. The largest absolute Gasteiger partial charge is 0.506 e. The summed E-state index contributed by atoms with van der Waals surface area (Å²) >= 11 is 0. The SMILES string of the molecule is CCOC(=O)c1cccc(NCc2nc(C)ccc2O)c1. The van der Waals surface area contributed by atoms with E-state index in [1.807, 2.05) is 13.0 Å². The first-order chi connectivity index (χ1) is 10.1. The van der Waals surface area contributed by atoms with Crippen molar-refractivity contribution in [2.24, 2.45) is 0 Å². The molecule has 0 radical (unpaired) electrons. The smallest absolute Gasteiger partial charge is 0.338 e. The lowest BCUT2D eigenvalue weighted by molar-refractivity contribution is 0.0526. The molecule has 0 atom stereocenters. The number of hydrogen-bond donors (Lipinski definition) is 2. The molecule has 0 aliphatic carbocycles. The predicted octanol–water partition coefficient (Wildman–Crippen LogP) is 2.88. The Bertz CT molecular complexity index is 641. The van der Waals surface area contributed by atoms with Gasteiger partial charge in [-0.3, -0.25) is 4.98 Å². The van der Waals surface area contributed by atoms with E-state index in [4.69, 9.17) is 4.74 Å². The van der Waals surface area contributed by atoms with E-state index < -0.39 is 0 Å². The van der Waals surface area contributed by atoms with Gasteiger partial charge in [-0.25, -0.2) is 4.79 Å². The molecule has 0 bridgehead atoms. The quantitative estimate of drug-likeness (QED) is 0.827. The number of pyridine rings is 1. The second kappa shape index (κ2) is 6.74. The van der Waals surface area contributed by atoms with Crippen LogP contribution in [0.4, 0.5) is 5.69 Å². The molecule has 5 heteroatoms. The summed E-state index contributed by atoms with van der Waals surface area (Å²) in [7, 11) is 0. The number of carbonyl (C=O) groups excluding carboxylic acids is 1. The number of nitrogens with zero attached hydrogens (tertiary/aromatic N) is 1. The standard InChI is InChI=1S/C16H18N2O3/c1-3-21-16(20)12-5-4-6-13(9-12)17-10-14-15(19)8-7-11(2)18-14/h4-9,17,19H,3,10H2,1-2H3. The molecule has 0 spiro atoms. The highest BCUT2D eigenvalue weighted by molar-refractivity contribution is 5.90. The fraction of sp³-hybridized carbons (Fsp3) is 0.250. The van der Waals surface area contributed by atoms with Gasteiger partial charge in [0.25, 0.3) is 0 Å². The first kappa shape index (κ1) is 14.8. The third kappa shape index (κ3) is 3.95. The lowest BCUT2D eigenvalue weighted by atomic mass is 10.2. The van der Waals surface area contributed by atoms with E-state index in [1.54, 1.807) is 37.3 Å². The number of benzene rings is 1. The molecule has 0 saturated carbocycles. The van der Waals surface area contributed by atoms with Gasteiger partial charge in [0.15, 0.2) is 0 Å². The van der Waals surface area contributed by atoms with Crippen LogP contribution in [-0.2, 0) is 11.3 Å². The molecular weight excluding hydrogens is 268 g/mol. The summed E-state index contributed by atoms with van der Waals surface area (Å²) in [5, 5.41) is 12.9. The van der Waals surface area contributed by atoms with Crippen LogP contribution in [0.2, 0.25) is 0 Å². The normalized spacial score (nSPS) is 10.2. The second-order valence-electron chi connectivity index (χ2n) is 4.57. The Morgan fingerprint density at radius 1 is 1.33 bits per heavy atom. The fourth-order valence-corrected chi connectivity index (χ4v) is 1.89. The minimum atomic E-state index is -0.349. The predicted molar refractivity (Wildman–Crippen MR) is 80.4 cm³/mol. The van der Waals surface area contributed by atoms with Crippen molar-refractivity contribution < 1.29 is 14.6 Å². The summed E-state index contributed by atoms with van der Waals surface area (Å²) < 4.78 is 4.96. The van der Waals surface area contributed by atoms with Crippen molar-refractivity contribution in [1.82, 2.24) is 4.98 Å². The third-order valence-corrected chi connectivity index (χ3v) is 2.92. The van der Waals surface area contributed by atoms with Crippen molar-refractivity contribution in [3.63, 3.8) is 0 Å². The Kier molecular flexibility index (Phi) is 4.77. The number of aromatic nitrogens is 1. The number of esters is 1. The highest BCUT2D eigenvalue weighted by Gasteiger charge is 2.07. The molecule has 1 aromatic heterocycles. The maximum Gasteiger partial charge on any atom is 0.338 e. The summed E-state index contributed by atoms with van der Waals surface area (Å²) in [6.07, 6.45) is 0. The second-order valence-corrected chi connectivity index (χ2v) is 4.57. The van der Waals surface area contributed by atoms with E-state index in [2.05, 4.69) is 10.3 Å². The molecule has 0 amide bonds. The maximum absolute atomic E-state index is 11.7. The van der Waals surface area contributed by atoms with Gasteiger partial charge in [-0.2, -0.15) is 0 Å². The topological polar surface area (TPSA) is 71.5 Å². The summed E-state index contributed by atoms with van der Waals surface area (Å²) in [5.74, 6) is -0.202. The van der Waals surface area contributed by atoms with E-state index in [0.29, 0.717) is 24.4 Å². The molecule has 0 unspecified atom stereocenters. The van der Waals surface area contributed by atoms with E-state index >= 15 is 0 Å². The molecule has 1 heterocycles. The number of aryl methyl sites for hydroxylation is 1. The highest BCUT2D eigenvalue weighted by atomic mass is 16.5. The van der Waals surface area contributed by atoms with E-state index in [9.17, 15) is 9.90 Å². The van der Waals surface area contributed by atoms with Gasteiger partial charge < -0.3 is 15.2 Å². The van der Waals surface area contributed by atoms with Crippen molar-refractivity contribution >= 4 is 11.7 Å². The molecule has 21 heavy (non-hydrogen) atoms. The number of rotatable bonds is 5. The Labute approximate surface area is 123 Å². The molecule has 0 fully saturated rings. The van der Waals surface area contributed by atoms with Gasteiger partial charge in [0, 0.05) is 11.4 Å². The minimum absolute atomic E-state index is 0.148. The van der Waals surface area contributed by atoms with Crippen LogP contribution < -0.4 is 5.32 Å². The van der Waals surface area contributed by atoms with Crippen LogP contribution in [0, 0.1) is 6.92 Å². The minimum Gasteiger partial charge on any atom is -0.506 e. The first-order valence-corrected chi connectivity index (χ1v) is 6.76. The summed E-state index contributed by atoms with van der Waals surface area (Å²) in [5.41, 5.74) is 2.66. The third-order valence-electron chi connectivity index (χ3n) is 2.92. The van der Waals surface area contributed by atoms with Crippen molar-refractivity contribution in [3.8, 4) is 5.75 Å². The van der Waals surface area contributed by atoms with Crippen LogP contribution >= 0.6 is 0 Å². The number of aromatic hydroxyl groups is 1. The van der Waals surface area contributed by atoms with Gasteiger partial charge in [0.2, 0.25) is 0 Å². The molecule has 2 N–H and O–H groups in total. The summed E-state index contributed by atoms with van der Waals surface area (Å²) in [6, 6.07) is 10.4. The zero-order chi connectivity index (χ0) is 15.2. The first-order valence-electron chi connectivity index (χ1n) is 6.76. The Balaban J connectivity index is 2.08. The lowest BCUT2D eigenvalue weighted by Crippen LogP contribution is -2.06. The van der Waals surface area contributed by atoms with Gasteiger partial charge in [-0.05, 0) is 44.2 Å².